The monoisotopic (exact) mass is 278 g/mol. The number of aromatic nitrogens is 1. The number of pyridine rings is 1. The van der Waals surface area contributed by atoms with Gasteiger partial charge in [-0.2, -0.15) is 0 Å². The van der Waals surface area contributed by atoms with Crippen molar-refractivity contribution in [2.45, 2.75) is 6.42 Å². The Morgan fingerprint density at radius 3 is 2.52 bits per heavy atom. The zero-order valence-electron chi connectivity index (χ0n) is 11.3. The van der Waals surface area contributed by atoms with Gasteiger partial charge in [-0.25, -0.2) is 0 Å². The van der Waals surface area contributed by atoms with Crippen LogP contribution in [0.15, 0.2) is 65.6 Å². The second-order valence-electron chi connectivity index (χ2n) is 4.79. The van der Waals surface area contributed by atoms with Gasteiger partial charge in [0.05, 0.1) is 6.42 Å². The Balaban J connectivity index is 1.83. The minimum absolute atomic E-state index is 0.175. The van der Waals surface area contributed by atoms with Crippen molar-refractivity contribution in [1.82, 2.24) is 4.98 Å². The van der Waals surface area contributed by atoms with E-state index in [2.05, 4.69) is 10.3 Å². The summed E-state index contributed by atoms with van der Waals surface area (Å²) in [4.78, 5) is 27.3. The highest BCUT2D eigenvalue weighted by Crippen LogP contribution is 2.10. The first-order chi connectivity index (χ1) is 10.2. The number of aromatic amines is 1. The molecule has 1 heterocycles. The van der Waals surface area contributed by atoms with Crippen molar-refractivity contribution < 1.29 is 4.79 Å². The zero-order valence-corrected chi connectivity index (χ0v) is 11.3. The predicted octanol–water partition coefficient (Wildman–Crippen LogP) is 2.71. The lowest BCUT2D eigenvalue weighted by Gasteiger charge is -2.06. The fraction of sp³-hybridized carbons (Fsp3) is 0.0588. The van der Waals surface area contributed by atoms with Gasteiger partial charge in [-0.05, 0) is 17.7 Å². The average molecular weight is 278 g/mol. The summed E-state index contributed by atoms with van der Waals surface area (Å²) in [7, 11) is 0. The minimum atomic E-state index is -0.206. The molecular weight excluding hydrogens is 264 g/mol. The second kappa shape index (κ2) is 5.63. The van der Waals surface area contributed by atoms with Crippen LogP contribution in [0.25, 0.3) is 10.9 Å². The van der Waals surface area contributed by atoms with Crippen molar-refractivity contribution >= 4 is 22.5 Å². The molecule has 3 aromatic rings. The topological polar surface area (TPSA) is 62.0 Å². The van der Waals surface area contributed by atoms with E-state index in [0.717, 1.165) is 11.1 Å². The molecule has 0 spiro atoms. The van der Waals surface area contributed by atoms with Gasteiger partial charge in [-0.3, -0.25) is 9.59 Å². The van der Waals surface area contributed by atoms with Gasteiger partial charge in [0.2, 0.25) is 11.3 Å². The van der Waals surface area contributed by atoms with Crippen molar-refractivity contribution in [2.75, 3.05) is 5.32 Å². The number of H-pyrrole nitrogens is 1. The third kappa shape index (κ3) is 2.84. The summed E-state index contributed by atoms with van der Waals surface area (Å²) in [6, 6.07) is 16.6. The molecule has 4 heteroatoms. The van der Waals surface area contributed by atoms with E-state index >= 15 is 0 Å². The van der Waals surface area contributed by atoms with Crippen molar-refractivity contribution in [1.29, 1.82) is 0 Å². The average Bonchev–Trinajstić information content (AvgIpc) is 2.51. The molecule has 1 aromatic heterocycles. The largest absolute Gasteiger partial charge is 0.359 e. The molecule has 104 valence electrons. The molecule has 0 unspecified atom stereocenters. The SMILES string of the molecule is O=C(Cc1ccccc1)Nc1c[nH]c2ccccc2c1=O. The highest BCUT2D eigenvalue weighted by atomic mass is 16.2. The van der Waals surface area contributed by atoms with E-state index in [-0.39, 0.29) is 23.4 Å². The van der Waals surface area contributed by atoms with Crippen LogP contribution in [-0.4, -0.2) is 10.9 Å². The standard InChI is InChI=1S/C17H14N2O2/c20-16(10-12-6-2-1-3-7-12)19-15-11-18-14-9-5-4-8-13(14)17(15)21/h1-9,11H,10H2,(H,18,21)(H,19,20). The maximum Gasteiger partial charge on any atom is 0.228 e. The van der Waals surface area contributed by atoms with Gasteiger partial charge >= 0.3 is 0 Å². The maximum atomic E-state index is 12.3. The number of fused-ring (bicyclic) bond motifs is 1. The van der Waals surface area contributed by atoms with E-state index in [9.17, 15) is 9.59 Å². The van der Waals surface area contributed by atoms with E-state index in [4.69, 9.17) is 0 Å². The van der Waals surface area contributed by atoms with Crippen LogP contribution >= 0.6 is 0 Å². The normalized spacial score (nSPS) is 10.5. The predicted molar refractivity (Wildman–Crippen MR) is 83.3 cm³/mol. The molecule has 21 heavy (non-hydrogen) atoms. The minimum Gasteiger partial charge on any atom is -0.359 e. The van der Waals surface area contributed by atoms with Gasteiger partial charge in [0.15, 0.2) is 0 Å². The van der Waals surface area contributed by atoms with Crippen molar-refractivity contribution in [3.63, 3.8) is 0 Å². The molecule has 2 aromatic carbocycles. The quantitative estimate of drug-likeness (QED) is 0.773. The van der Waals surface area contributed by atoms with Crippen LogP contribution < -0.4 is 10.7 Å². The van der Waals surface area contributed by atoms with Crippen molar-refractivity contribution in [2.24, 2.45) is 0 Å². The summed E-state index contributed by atoms with van der Waals surface area (Å²) in [5.41, 5.74) is 1.76. The lowest BCUT2D eigenvalue weighted by molar-refractivity contribution is -0.115. The number of amides is 1. The van der Waals surface area contributed by atoms with Gasteiger partial charge in [0.1, 0.15) is 5.69 Å². The second-order valence-corrected chi connectivity index (χ2v) is 4.79. The molecule has 2 N–H and O–H groups in total. The van der Waals surface area contributed by atoms with E-state index in [1.165, 1.54) is 6.20 Å². The Bertz CT molecular complexity index is 838. The van der Waals surface area contributed by atoms with Crippen LogP contribution in [0, 0.1) is 0 Å². The number of anilines is 1. The fourth-order valence-corrected chi connectivity index (χ4v) is 2.24. The van der Waals surface area contributed by atoms with Crippen LogP contribution in [0.4, 0.5) is 5.69 Å². The molecule has 0 bridgehead atoms. The summed E-state index contributed by atoms with van der Waals surface area (Å²) in [5, 5.41) is 3.23. The van der Waals surface area contributed by atoms with Gasteiger partial charge < -0.3 is 10.3 Å². The Morgan fingerprint density at radius 2 is 1.71 bits per heavy atom. The molecule has 0 aliphatic heterocycles. The van der Waals surface area contributed by atoms with Crippen molar-refractivity contribution in [3.05, 3.63) is 76.6 Å². The van der Waals surface area contributed by atoms with E-state index < -0.39 is 0 Å². The molecule has 0 radical (unpaired) electrons. The number of para-hydroxylation sites is 1. The smallest absolute Gasteiger partial charge is 0.228 e. The summed E-state index contributed by atoms with van der Waals surface area (Å²) < 4.78 is 0. The molecule has 0 saturated heterocycles. The Kier molecular flexibility index (Phi) is 3.51. The van der Waals surface area contributed by atoms with Crippen LogP contribution in [-0.2, 0) is 11.2 Å². The summed E-state index contributed by atoms with van der Waals surface area (Å²) >= 11 is 0. The van der Waals surface area contributed by atoms with Gasteiger partial charge in [0.25, 0.3) is 0 Å². The van der Waals surface area contributed by atoms with Gasteiger partial charge in [-0.1, -0.05) is 42.5 Å². The number of nitrogens with one attached hydrogen (secondary N) is 2. The summed E-state index contributed by atoms with van der Waals surface area (Å²) in [5.74, 6) is -0.206. The number of carbonyl (C=O) groups is 1. The Labute approximate surface area is 121 Å². The number of rotatable bonds is 3. The molecule has 3 rings (SSSR count). The molecule has 0 saturated carbocycles. The molecule has 1 amide bonds. The molecule has 0 aliphatic carbocycles. The van der Waals surface area contributed by atoms with E-state index in [1.807, 2.05) is 42.5 Å². The van der Waals surface area contributed by atoms with Crippen LogP contribution in [0.3, 0.4) is 0 Å². The highest BCUT2D eigenvalue weighted by molar-refractivity contribution is 5.94. The first-order valence-electron chi connectivity index (χ1n) is 6.68. The first kappa shape index (κ1) is 13.1. The van der Waals surface area contributed by atoms with E-state index in [1.54, 1.807) is 12.1 Å². The van der Waals surface area contributed by atoms with E-state index in [0.29, 0.717) is 5.39 Å². The Morgan fingerprint density at radius 1 is 1.00 bits per heavy atom. The molecule has 0 fully saturated rings. The van der Waals surface area contributed by atoms with Crippen LogP contribution in [0.5, 0.6) is 0 Å². The number of hydrogen-bond acceptors (Lipinski definition) is 2. The lowest BCUT2D eigenvalue weighted by atomic mass is 10.1. The van der Waals surface area contributed by atoms with Crippen LogP contribution in [0.1, 0.15) is 5.56 Å². The third-order valence-electron chi connectivity index (χ3n) is 3.27. The third-order valence-corrected chi connectivity index (χ3v) is 3.27. The first-order valence-corrected chi connectivity index (χ1v) is 6.68. The summed E-state index contributed by atoms with van der Waals surface area (Å²) in [6.45, 7) is 0. The summed E-state index contributed by atoms with van der Waals surface area (Å²) in [6.07, 6.45) is 1.78. The lowest BCUT2D eigenvalue weighted by Crippen LogP contribution is -2.20. The van der Waals surface area contributed by atoms with Gasteiger partial charge in [-0.15, -0.1) is 0 Å². The van der Waals surface area contributed by atoms with Gasteiger partial charge in [0, 0.05) is 17.1 Å². The number of carbonyl (C=O) groups excluding carboxylic acids is 1. The number of hydrogen-bond donors (Lipinski definition) is 2. The van der Waals surface area contributed by atoms with Crippen LogP contribution in [0.2, 0.25) is 0 Å². The highest BCUT2D eigenvalue weighted by Gasteiger charge is 2.08. The zero-order chi connectivity index (χ0) is 14.7. The molecule has 0 atom stereocenters. The number of benzene rings is 2. The molecular formula is C17H14N2O2. The fourth-order valence-electron chi connectivity index (χ4n) is 2.24. The maximum absolute atomic E-state index is 12.3. The van der Waals surface area contributed by atoms with Crippen molar-refractivity contribution in [3.8, 4) is 0 Å². The Hall–Kier alpha value is -2.88. The molecule has 0 aliphatic rings. The molecule has 4 nitrogen and oxygen atoms in total.